The first kappa shape index (κ1) is 19.3. The third-order valence-electron chi connectivity index (χ3n) is 4.62. The zero-order valence-electron chi connectivity index (χ0n) is 15.8. The minimum absolute atomic E-state index is 0.0685. The third-order valence-corrected chi connectivity index (χ3v) is 4.62. The molecule has 1 aromatic carbocycles. The van der Waals surface area contributed by atoms with Crippen LogP contribution in [0.1, 0.15) is 27.6 Å². The molecule has 0 bridgehead atoms. The predicted molar refractivity (Wildman–Crippen MR) is 104 cm³/mol. The Hall–Kier alpha value is -3.42. The Bertz CT molecular complexity index is 874. The van der Waals surface area contributed by atoms with E-state index in [1.54, 1.807) is 54.4 Å². The first-order valence-electron chi connectivity index (χ1n) is 8.94. The number of anilines is 2. The van der Waals surface area contributed by atoms with Gasteiger partial charge >= 0.3 is 5.97 Å². The van der Waals surface area contributed by atoms with E-state index in [4.69, 9.17) is 0 Å². The summed E-state index contributed by atoms with van der Waals surface area (Å²) in [5, 5.41) is 2.80. The Balaban J connectivity index is 1.66. The molecule has 0 saturated carbocycles. The second-order valence-electron chi connectivity index (χ2n) is 6.42. The smallest absolute Gasteiger partial charge is 0.337 e. The maximum Gasteiger partial charge on any atom is 0.337 e. The number of rotatable bonds is 4. The molecule has 0 aliphatic carbocycles. The highest BCUT2D eigenvalue weighted by atomic mass is 16.5. The van der Waals surface area contributed by atoms with Crippen LogP contribution in [-0.2, 0) is 9.53 Å². The van der Waals surface area contributed by atoms with E-state index in [0.29, 0.717) is 48.8 Å². The topological polar surface area (TPSA) is 91.8 Å². The summed E-state index contributed by atoms with van der Waals surface area (Å²) in [6, 6.07) is 9.86. The number of carbonyl (C=O) groups is 3. The van der Waals surface area contributed by atoms with Crippen molar-refractivity contribution in [2.45, 2.75) is 6.92 Å². The van der Waals surface area contributed by atoms with E-state index in [-0.39, 0.29) is 11.8 Å². The molecule has 1 aromatic heterocycles. The lowest BCUT2D eigenvalue weighted by Gasteiger charge is -2.35. The van der Waals surface area contributed by atoms with Gasteiger partial charge in [-0.3, -0.25) is 9.59 Å². The number of esters is 1. The van der Waals surface area contributed by atoms with Crippen molar-refractivity contribution in [3.63, 3.8) is 0 Å². The number of ether oxygens (including phenoxy) is 1. The number of methoxy groups -OCH3 is 1. The van der Waals surface area contributed by atoms with Crippen LogP contribution >= 0.6 is 0 Å². The number of carbonyl (C=O) groups excluding carboxylic acids is 3. The van der Waals surface area contributed by atoms with Gasteiger partial charge < -0.3 is 19.9 Å². The normalized spacial score (nSPS) is 13.8. The quantitative estimate of drug-likeness (QED) is 0.811. The second-order valence-corrected chi connectivity index (χ2v) is 6.42. The van der Waals surface area contributed by atoms with Gasteiger partial charge in [0, 0.05) is 50.6 Å². The van der Waals surface area contributed by atoms with Crippen LogP contribution in [0.2, 0.25) is 0 Å². The van der Waals surface area contributed by atoms with Gasteiger partial charge in [-0.1, -0.05) is 0 Å². The molecule has 0 spiro atoms. The molecular formula is C20H22N4O4. The first-order chi connectivity index (χ1) is 13.5. The summed E-state index contributed by atoms with van der Waals surface area (Å²) in [5.74, 6) is 0.0780. The largest absolute Gasteiger partial charge is 0.465 e. The standard InChI is InChI=1S/C20H22N4O4/c1-14(25)23-9-11-24(12-10-23)18-13-16(7-8-21-18)19(26)22-17-5-3-15(4-6-17)20(27)28-2/h3-8,13H,9-12H2,1-2H3,(H,22,26). The van der Waals surface area contributed by atoms with Gasteiger partial charge in [0.2, 0.25) is 5.91 Å². The van der Waals surface area contributed by atoms with Gasteiger partial charge in [0.15, 0.2) is 0 Å². The van der Waals surface area contributed by atoms with Crippen LogP contribution in [0.25, 0.3) is 0 Å². The molecule has 2 heterocycles. The van der Waals surface area contributed by atoms with E-state index in [0.717, 1.165) is 0 Å². The van der Waals surface area contributed by atoms with E-state index in [2.05, 4.69) is 19.9 Å². The third kappa shape index (κ3) is 4.46. The number of hydrogen-bond donors (Lipinski definition) is 1. The van der Waals surface area contributed by atoms with Gasteiger partial charge in [-0.25, -0.2) is 9.78 Å². The molecular weight excluding hydrogens is 360 g/mol. The van der Waals surface area contributed by atoms with Crippen molar-refractivity contribution in [2.75, 3.05) is 43.5 Å². The van der Waals surface area contributed by atoms with E-state index < -0.39 is 5.97 Å². The second kappa shape index (κ2) is 8.51. The van der Waals surface area contributed by atoms with E-state index >= 15 is 0 Å². The molecule has 0 unspecified atom stereocenters. The molecule has 3 rings (SSSR count). The van der Waals surface area contributed by atoms with Crippen LogP contribution in [0.3, 0.4) is 0 Å². The van der Waals surface area contributed by atoms with Crippen LogP contribution in [0.4, 0.5) is 11.5 Å². The highest BCUT2D eigenvalue weighted by Gasteiger charge is 2.20. The van der Waals surface area contributed by atoms with Gasteiger partial charge in [-0.15, -0.1) is 0 Å². The summed E-state index contributed by atoms with van der Waals surface area (Å²) < 4.78 is 4.66. The van der Waals surface area contributed by atoms with Gasteiger partial charge in [0.05, 0.1) is 12.7 Å². The number of piperazine rings is 1. The van der Waals surface area contributed by atoms with Gasteiger partial charge in [-0.2, -0.15) is 0 Å². The average Bonchev–Trinajstić information content (AvgIpc) is 2.74. The van der Waals surface area contributed by atoms with Crippen molar-refractivity contribution in [1.82, 2.24) is 9.88 Å². The van der Waals surface area contributed by atoms with Crippen molar-refractivity contribution in [3.05, 3.63) is 53.7 Å². The van der Waals surface area contributed by atoms with Gasteiger partial charge in [0.1, 0.15) is 5.82 Å². The summed E-state index contributed by atoms with van der Waals surface area (Å²) in [4.78, 5) is 43.7. The van der Waals surface area contributed by atoms with Crippen LogP contribution in [0.5, 0.6) is 0 Å². The zero-order chi connectivity index (χ0) is 20.1. The highest BCUT2D eigenvalue weighted by molar-refractivity contribution is 6.04. The van der Waals surface area contributed by atoms with E-state index in [9.17, 15) is 14.4 Å². The summed E-state index contributed by atoms with van der Waals surface area (Å²) in [5.41, 5.74) is 1.47. The lowest BCUT2D eigenvalue weighted by atomic mass is 10.2. The van der Waals surface area contributed by atoms with E-state index in [1.807, 2.05) is 0 Å². The number of pyridine rings is 1. The number of nitrogens with one attached hydrogen (secondary N) is 1. The number of nitrogens with zero attached hydrogens (tertiary/aromatic N) is 3. The summed E-state index contributed by atoms with van der Waals surface area (Å²) in [6.45, 7) is 4.19. The molecule has 2 aromatic rings. The maximum absolute atomic E-state index is 12.6. The number of aromatic nitrogens is 1. The molecule has 1 saturated heterocycles. The number of amides is 2. The van der Waals surface area contributed by atoms with Crippen molar-refractivity contribution in [2.24, 2.45) is 0 Å². The Morgan fingerprint density at radius 3 is 2.29 bits per heavy atom. The molecule has 1 aliphatic rings. The fourth-order valence-electron chi connectivity index (χ4n) is 2.99. The summed E-state index contributed by atoms with van der Waals surface area (Å²) in [7, 11) is 1.32. The Morgan fingerprint density at radius 2 is 1.68 bits per heavy atom. The van der Waals surface area contributed by atoms with Crippen molar-refractivity contribution in [3.8, 4) is 0 Å². The minimum atomic E-state index is -0.429. The van der Waals surface area contributed by atoms with Crippen LogP contribution < -0.4 is 10.2 Å². The molecule has 2 amide bonds. The molecule has 0 radical (unpaired) electrons. The van der Waals surface area contributed by atoms with Crippen molar-refractivity contribution >= 4 is 29.3 Å². The Labute approximate surface area is 163 Å². The number of benzene rings is 1. The van der Waals surface area contributed by atoms with Gasteiger partial charge in [0.25, 0.3) is 5.91 Å². The summed E-state index contributed by atoms with van der Waals surface area (Å²) >= 11 is 0. The number of hydrogen-bond acceptors (Lipinski definition) is 6. The predicted octanol–water partition coefficient (Wildman–Crippen LogP) is 1.79. The highest BCUT2D eigenvalue weighted by Crippen LogP contribution is 2.17. The van der Waals surface area contributed by atoms with Crippen LogP contribution in [0.15, 0.2) is 42.6 Å². The van der Waals surface area contributed by atoms with E-state index in [1.165, 1.54) is 7.11 Å². The van der Waals surface area contributed by atoms with Crippen LogP contribution in [-0.4, -0.2) is 61.0 Å². The fourth-order valence-corrected chi connectivity index (χ4v) is 2.99. The Morgan fingerprint density at radius 1 is 1.00 bits per heavy atom. The SMILES string of the molecule is COC(=O)c1ccc(NC(=O)c2ccnc(N3CCN(C(C)=O)CC3)c2)cc1. The van der Waals surface area contributed by atoms with Crippen molar-refractivity contribution < 1.29 is 19.1 Å². The van der Waals surface area contributed by atoms with Gasteiger partial charge in [-0.05, 0) is 36.4 Å². The molecule has 1 N–H and O–H groups in total. The lowest BCUT2D eigenvalue weighted by Crippen LogP contribution is -2.48. The summed E-state index contributed by atoms with van der Waals surface area (Å²) in [6.07, 6.45) is 1.60. The molecule has 28 heavy (non-hydrogen) atoms. The monoisotopic (exact) mass is 382 g/mol. The molecule has 1 aliphatic heterocycles. The molecule has 0 atom stereocenters. The molecule has 8 nitrogen and oxygen atoms in total. The fraction of sp³-hybridized carbons (Fsp3) is 0.300. The molecule has 1 fully saturated rings. The molecule has 8 heteroatoms. The molecule has 146 valence electrons. The zero-order valence-corrected chi connectivity index (χ0v) is 15.8. The van der Waals surface area contributed by atoms with Crippen LogP contribution in [0, 0.1) is 0 Å². The Kier molecular flexibility index (Phi) is 5.88. The first-order valence-corrected chi connectivity index (χ1v) is 8.94. The van der Waals surface area contributed by atoms with Crippen molar-refractivity contribution in [1.29, 1.82) is 0 Å². The maximum atomic E-state index is 12.6. The average molecular weight is 382 g/mol. The minimum Gasteiger partial charge on any atom is -0.465 e. The lowest BCUT2D eigenvalue weighted by molar-refractivity contribution is -0.129.